The molecular weight excluding hydrogens is 240 g/mol. The van der Waals surface area contributed by atoms with Crippen molar-refractivity contribution in [3.63, 3.8) is 0 Å². The van der Waals surface area contributed by atoms with Crippen molar-refractivity contribution in [2.75, 3.05) is 18.8 Å². The van der Waals surface area contributed by atoms with Crippen LogP contribution in [0.15, 0.2) is 12.2 Å². The molecule has 0 spiro atoms. The molecule has 1 unspecified atom stereocenters. The Kier molecular flexibility index (Phi) is 3.53. The van der Waals surface area contributed by atoms with Crippen LogP contribution in [0.5, 0.6) is 0 Å². The van der Waals surface area contributed by atoms with Crippen LogP contribution in [0.25, 0.3) is 0 Å². The zero-order chi connectivity index (χ0) is 12.5. The number of carbonyl (C=O) groups excluding carboxylic acids is 1. The van der Waals surface area contributed by atoms with E-state index < -0.39 is 10.0 Å². The molecule has 1 aliphatic carbocycles. The molecule has 0 aromatic heterocycles. The molecule has 17 heavy (non-hydrogen) atoms. The predicted octanol–water partition coefficient (Wildman–Crippen LogP) is 0.0896. The Hall–Kier alpha value is -0.880. The second-order valence-electron chi connectivity index (χ2n) is 4.91. The summed E-state index contributed by atoms with van der Waals surface area (Å²) in [6, 6.07) is 0. The molecule has 0 saturated carbocycles. The summed E-state index contributed by atoms with van der Waals surface area (Å²) >= 11 is 0. The average Bonchev–Trinajstić information content (AvgIpc) is 2.83. The summed E-state index contributed by atoms with van der Waals surface area (Å²) < 4.78 is 22.0. The maximum absolute atomic E-state index is 12.1. The summed E-state index contributed by atoms with van der Waals surface area (Å²) in [4.78, 5) is 13.8. The lowest BCUT2D eigenvalue weighted by Crippen LogP contribution is -2.34. The average molecular weight is 258 g/mol. The number of sulfonamides is 1. The van der Waals surface area contributed by atoms with Crippen molar-refractivity contribution in [3.8, 4) is 0 Å². The molecule has 0 bridgehead atoms. The zero-order valence-corrected chi connectivity index (χ0v) is 10.5. The van der Waals surface area contributed by atoms with E-state index in [4.69, 9.17) is 5.14 Å². The van der Waals surface area contributed by atoms with Crippen molar-refractivity contribution in [1.82, 2.24) is 4.90 Å². The first-order valence-corrected chi connectivity index (χ1v) is 7.61. The highest BCUT2D eigenvalue weighted by atomic mass is 32.2. The van der Waals surface area contributed by atoms with Crippen LogP contribution in [-0.4, -0.2) is 38.1 Å². The number of hydrogen-bond donors (Lipinski definition) is 1. The lowest BCUT2D eigenvalue weighted by Gasteiger charge is -2.20. The first-order chi connectivity index (χ1) is 7.96. The number of hydrogen-bond acceptors (Lipinski definition) is 3. The maximum atomic E-state index is 12.1. The van der Waals surface area contributed by atoms with Gasteiger partial charge in [0.1, 0.15) is 0 Å². The number of rotatable bonds is 3. The van der Waals surface area contributed by atoms with Gasteiger partial charge in [0.05, 0.1) is 5.75 Å². The molecule has 1 fully saturated rings. The highest BCUT2D eigenvalue weighted by molar-refractivity contribution is 7.89. The fourth-order valence-electron chi connectivity index (χ4n) is 2.57. The molecule has 0 aromatic carbocycles. The summed E-state index contributed by atoms with van der Waals surface area (Å²) in [5, 5.41) is 5.02. The molecule has 1 heterocycles. The van der Waals surface area contributed by atoms with Gasteiger partial charge in [0.15, 0.2) is 0 Å². The van der Waals surface area contributed by atoms with Crippen LogP contribution >= 0.6 is 0 Å². The van der Waals surface area contributed by atoms with E-state index in [0.29, 0.717) is 13.1 Å². The second-order valence-corrected chi connectivity index (χ2v) is 6.57. The lowest BCUT2D eigenvalue weighted by atomic mass is 10.1. The van der Waals surface area contributed by atoms with E-state index in [1.807, 2.05) is 12.2 Å². The smallest absolute Gasteiger partial charge is 0.226 e. The van der Waals surface area contributed by atoms with Gasteiger partial charge in [-0.3, -0.25) is 4.79 Å². The van der Waals surface area contributed by atoms with Gasteiger partial charge in [0.2, 0.25) is 15.9 Å². The molecule has 0 radical (unpaired) electrons. The second kappa shape index (κ2) is 4.78. The molecule has 1 saturated heterocycles. The van der Waals surface area contributed by atoms with Gasteiger partial charge in [0.25, 0.3) is 0 Å². The van der Waals surface area contributed by atoms with Crippen LogP contribution < -0.4 is 5.14 Å². The van der Waals surface area contributed by atoms with Crippen molar-refractivity contribution in [2.24, 2.45) is 17.0 Å². The molecule has 0 aromatic rings. The summed E-state index contributed by atoms with van der Waals surface area (Å²) in [6.45, 7) is 1.20. The van der Waals surface area contributed by atoms with Crippen molar-refractivity contribution >= 4 is 15.9 Å². The van der Waals surface area contributed by atoms with Crippen LogP contribution in [0.3, 0.4) is 0 Å². The van der Waals surface area contributed by atoms with E-state index in [-0.39, 0.29) is 23.5 Å². The third-order valence-corrected chi connectivity index (χ3v) is 4.36. The molecular formula is C11H18N2O3S. The molecule has 6 heteroatoms. The molecule has 1 aliphatic heterocycles. The monoisotopic (exact) mass is 258 g/mol. The third-order valence-electron chi connectivity index (χ3n) is 3.42. The quantitative estimate of drug-likeness (QED) is 0.728. The van der Waals surface area contributed by atoms with Crippen molar-refractivity contribution in [2.45, 2.75) is 19.3 Å². The molecule has 2 rings (SSSR count). The first kappa shape index (κ1) is 12.6. The van der Waals surface area contributed by atoms with E-state index in [1.54, 1.807) is 4.90 Å². The molecule has 96 valence electrons. The fourth-order valence-corrected chi connectivity index (χ4v) is 3.50. The van der Waals surface area contributed by atoms with Crippen LogP contribution in [0.1, 0.15) is 19.3 Å². The van der Waals surface area contributed by atoms with Crippen LogP contribution in [0, 0.1) is 11.8 Å². The summed E-state index contributed by atoms with van der Waals surface area (Å²) in [5.74, 6) is 0.221. The van der Waals surface area contributed by atoms with E-state index in [9.17, 15) is 13.2 Å². The highest BCUT2D eigenvalue weighted by Crippen LogP contribution is 2.25. The minimum atomic E-state index is -3.43. The van der Waals surface area contributed by atoms with Gasteiger partial charge >= 0.3 is 0 Å². The van der Waals surface area contributed by atoms with Gasteiger partial charge in [-0.15, -0.1) is 0 Å². The molecule has 2 N–H and O–H groups in total. The van der Waals surface area contributed by atoms with Crippen LogP contribution in [-0.2, 0) is 14.8 Å². The number of carbonyl (C=O) groups is 1. The Balaban J connectivity index is 1.87. The molecule has 5 nitrogen and oxygen atoms in total. The lowest BCUT2D eigenvalue weighted by molar-refractivity contribution is -0.134. The number of primary sulfonamides is 1. The first-order valence-electron chi connectivity index (χ1n) is 5.90. The Morgan fingerprint density at radius 2 is 2.00 bits per heavy atom. The largest absolute Gasteiger partial charge is 0.342 e. The number of likely N-dealkylation sites (tertiary alicyclic amines) is 1. The molecule has 1 atom stereocenters. The van der Waals surface area contributed by atoms with Gasteiger partial charge in [0, 0.05) is 19.0 Å². The van der Waals surface area contributed by atoms with E-state index in [2.05, 4.69) is 0 Å². The number of amides is 1. The number of nitrogens with zero attached hydrogens (tertiary/aromatic N) is 1. The Bertz CT molecular complexity index is 422. The summed E-state index contributed by atoms with van der Waals surface area (Å²) in [7, 11) is -3.43. The zero-order valence-electron chi connectivity index (χ0n) is 9.71. The van der Waals surface area contributed by atoms with E-state index in [0.717, 1.165) is 19.3 Å². The normalized spacial score (nSPS) is 25.7. The molecule has 1 amide bonds. The van der Waals surface area contributed by atoms with E-state index in [1.165, 1.54) is 0 Å². The highest BCUT2D eigenvalue weighted by Gasteiger charge is 2.32. The number of nitrogens with two attached hydrogens (primary N) is 1. The van der Waals surface area contributed by atoms with Gasteiger partial charge in [-0.25, -0.2) is 13.6 Å². The summed E-state index contributed by atoms with van der Waals surface area (Å²) in [6.07, 6.45) is 6.42. The summed E-state index contributed by atoms with van der Waals surface area (Å²) in [5.41, 5.74) is 0. The van der Waals surface area contributed by atoms with Crippen molar-refractivity contribution < 1.29 is 13.2 Å². The third kappa shape index (κ3) is 3.29. The predicted molar refractivity (Wildman–Crippen MR) is 64.5 cm³/mol. The van der Waals surface area contributed by atoms with E-state index >= 15 is 0 Å². The Morgan fingerprint density at radius 3 is 2.59 bits per heavy atom. The Labute approximate surface area is 102 Å². The standard InChI is InChI=1S/C11H18N2O3S/c12-17(15,16)8-9-5-6-13(7-9)11(14)10-3-1-2-4-10/h1-2,9-10H,3-8H2,(H2,12,15,16). The maximum Gasteiger partial charge on any atom is 0.226 e. The van der Waals surface area contributed by atoms with Crippen molar-refractivity contribution in [1.29, 1.82) is 0 Å². The number of allylic oxidation sites excluding steroid dienone is 2. The van der Waals surface area contributed by atoms with Gasteiger partial charge in [-0.05, 0) is 25.2 Å². The topological polar surface area (TPSA) is 80.5 Å². The Morgan fingerprint density at radius 1 is 1.35 bits per heavy atom. The minimum absolute atomic E-state index is 0.00307. The van der Waals surface area contributed by atoms with Gasteiger partial charge in [-0.1, -0.05) is 12.2 Å². The minimum Gasteiger partial charge on any atom is -0.342 e. The van der Waals surface area contributed by atoms with Gasteiger partial charge < -0.3 is 4.90 Å². The van der Waals surface area contributed by atoms with Gasteiger partial charge in [-0.2, -0.15) is 0 Å². The van der Waals surface area contributed by atoms with Crippen LogP contribution in [0.4, 0.5) is 0 Å². The SMILES string of the molecule is NS(=O)(=O)CC1CCN(C(=O)C2CC=CC2)C1. The van der Waals surface area contributed by atoms with Crippen molar-refractivity contribution in [3.05, 3.63) is 12.2 Å². The molecule has 2 aliphatic rings. The fraction of sp³-hybridized carbons (Fsp3) is 0.727. The van der Waals surface area contributed by atoms with Crippen LogP contribution in [0.2, 0.25) is 0 Å².